The number of carbonyl (C=O) groups excluding carboxylic acids is 2. The molecule has 2 aliphatic rings. The predicted molar refractivity (Wildman–Crippen MR) is 128 cm³/mol. The van der Waals surface area contributed by atoms with E-state index in [0.717, 1.165) is 24.0 Å². The molecule has 180 valence electrons. The summed E-state index contributed by atoms with van der Waals surface area (Å²) < 4.78 is 5.51. The van der Waals surface area contributed by atoms with Crippen LogP contribution in [0.1, 0.15) is 62.5 Å². The van der Waals surface area contributed by atoms with Gasteiger partial charge in [0.15, 0.2) is 0 Å². The molecule has 0 heterocycles. The van der Waals surface area contributed by atoms with Crippen LogP contribution < -0.4 is 10.6 Å². The molecule has 0 aromatic heterocycles. The van der Waals surface area contributed by atoms with Crippen molar-refractivity contribution in [1.82, 2.24) is 10.6 Å². The molecule has 3 N–H and O–H groups in total. The van der Waals surface area contributed by atoms with Gasteiger partial charge in [0.25, 0.3) is 0 Å². The van der Waals surface area contributed by atoms with Gasteiger partial charge in [-0.1, -0.05) is 61.4 Å². The summed E-state index contributed by atoms with van der Waals surface area (Å²) in [4.78, 5) is 36.3. The number of hydrogen-bond acceptors (Lipinski definition) is 4. The Balaban J connectivity index is 1.21. The van der Waals surface area contributed by atoms with Gasteiger partial charge >= 0.3 is 12.1 Å². The Bertz CT molecular complexity index is 1020. The van der Waals surface area contributed by atoms with Gasteiger partial charge in [0.05, 0.1) is 5.41 Å². The Kier molecular flexibility index (Phi) is 7.20. The molecule has 0 radical (unpaired) electrons. The SMILES string of the molecule is CC1(C(=O)O)CCCCC1NC(=O)CCCNC(=O)OCC1c2ccccc2-c2ccccc21. The minimum atomic E-state index is -0.923. The fourth-order valence-electron chi connectivity index (χ4n) is 5.18. The summed E-state index contributed by atoms with van der Waals surface area (Å²) in [5.74, 6) is -1.05. The van der Waals surface area contributed by atoms with Crippen molar-refractivity contribution in [1.29, 1.82) is 0 Å². The van der Waals surface area contributed by atoms with Gasteiger partial charge in [-0.05, 0) is 48.4 Å². The third-order valence-corrected chi connectivity index (χ3v) is 7.23. The standard InChI is InChI=1S/C27H32N2O5/c1-27(25(31)32)15-7-6-13-23(27)29-24(30)14-8-16-28-26(33)34-17-22-20-11-4-2-9-18(20)19-10-3-5-12-21(19)22/h2-5,9-12,22-23H,6-8,13-17H2,1H3,(H,28,33)(H,29,30)(H,31,32). The molecule has 34 heavy (non-hydrogen) atoms. The Hall–Kier alpha value is -3.35. The molecule has 0 bridgehead atoms. The third kappa shape index (κ3) is 4.93. The monoisotopic (exact) mass is 464 g/mol. The van der Waals surface area contributed by atoms with Crippen molar-refractivity contribution in [3.8, 4) is 11.1 Å². The number of alkyl carbamates (subject to hydrolysis) is 1. The van der Waals surface area contributed by atoms with Crippen LogP contribution in [0.15, 0.2) is 48.5 Å². The average molecular weight is 465 g/mol. The van der Waals surface area contributed by atoms with Crippen LogP contribution in [-0.2, 0) is 14.3 Å². The fraction of sp³-hybridized carbons (Fsp3) is 0.444. The summed E-state index contributed by atoms with van der Waals surface area (Å²) >= 11 is 0. The van der Waals surface area contributed by atoms with Crippen LogP contribution in [0.25, 0.3) is 11.1 Å². The maximum atomic E-state index is 12.4. The molecule has 0 saturated heterocycles. The lowest BCUT2D eigenvalue weighted by Crippen LogP contribution is -2.52. The number of rotatable bonds is 8. The molecule has 1 fully saturated rings. The number of amides is 2. The quantitative estimate of drug-likeness (QED) is 0.501. The molecule has 2 aromatic rings. The molecular weight excluding hydrogens is 432 g/mol. The van der Waals surface area contributed by atoms with Crippen LogP contribution in [0.2, 0.25) is 0 Å². The molecule has 2 atom stereocenters. The Labute approximate surface area is 199 Å². The minimum absolute atomic E-state index is 0.00275. The van der Waals surface area contributed by atoms with Gasteiger partial charge < -0.3 is 20.5 Å². The highest BCUT2D eigenvalue weighted by molar-refractivity contribution is 5.80. The zero-order valence-electron chi connectivity index (χ0n) is 19.5. The molecule has 2 amide bonds. The van der Waals surface area contributed by atoms with Crippen molar-refractivity contribution in [2.75, 3.05) is 13.2 Å². The first kappa shape index (κ1) is 23.8. The molecule has 4 rings (SSSR count). The normalized spacial score (nSPS) is 21.3. The maximum absolute atomic E-state index is 12.4. The summed E-state index contributed by atoms with van der Waals surface area (Å²) in [6, 6.07) is 16.0. The Morgan fingerprint density at radius 1 is 1.03 bits per heavy atom. The maximum Gasteiger partial charge on any atom is 0.407 e. The molecule has 2 aromatic carbocycles. The van der Waals surface area contributed by atoms with Crippen molar-refractivity contribution in [2.24, 2.45) is 5.41 Å². The van der Waals surface area contributed by atoms with E-state index < -0.39 is 17.5 Å². The van der Waals surface area contributed by atoms with E-state index in [4.69, 9.17) is 4.74 Å². The van der Waals surface area contributed by atoms with E-state index in [2.05, 4.69) is 34.9 Å². The number of aliphatic carboxylic acids is 1. The third-order valence-electron chi connectivity index (χ3n) is 7.23. The lowest BCUT2D eigenvalue weighted by molar-refractivity contribution is -0.152. The zero-order chi connectivity index (χ0) is 24.1. The van der Waals surface area contributed by atoms with Crippen LogP contribution in [0.5, 0.6) is 0 Å². The number of carboxylic acid groups (broad SMARTS) is 1. The summed E-state index contributed by atoms with van der Waals surface area (Å²) in [5, 5.41) is 15.2. The highest BCUT2D eigenvalue weighted by Gasteiger charge is 2.43. The lowest BCUT2D eigenvalue weighted by atomic mass is 9.71. The number of nitrogens with one attached hydrogen (secondary N) is 2. The zero-order valence-corrected chi connectivity index (χ0v) is 19.5. The summed E-state index contributed by atoms with van der Waals surface area (Å²) in [6.07, 6.45) is 3.18. The van der Waals surface area contributed by atoms with E-state index in [1.165, 1.54) is 11.1 Å². The van der Waals surface area contributed by atoms with Crippen molar-refractivity contribution >= 4 is 18.0 Å². The second-order valence-corrected chi connectivity index (χ2v) is 9.44. The van der Waals surface area contributed by atoms with Gasteiger partial charge in [-0.25, -0.2) is 4.79 Å². The highest BCUT2D eigenvalue weighted by atomic mass is 16.5. The largest absolute Gasteiger partial charge is 0.481 e. The van der Waals surface area contributed by atoms with Gasteiger partial charge in [-0.3, -0.25) is 9.59 Å². The number of ether oxygens (including phenoxy) is 1. The van der Waals surface area contributed by atoms with Crippen LogP contribution >= 0.6 is 0 Å². The summed E-state index contributed by atoms with van der Waals surface area (Å²) in [5.41, 5.74) is 3.74. The van der Waals surface area contributed by atoms with E-state index in [-0.39, 0.29) is 30.9 Å². The van der Waals surface area contributed by atoms with Crippen LogP contribution in [0, 0.1) is 5.41 Å². The second-order valence-electron chi connectivity index (χ2n) is 9.44. The van der Waals surface area contributed by atoms with Crippen LogP contribution in [-0.4, -0.2) is 42.3 Å². The molecule has 2 unspecified atom stereocenters. The summed E-state index contributed by atoms with van der Waals surface area (Å²) in [7, 11) is 0. The minimum Gasteiger partial charge on any atom is -0.481 e. The lowest BCUT2D eigenvalue weighted by Gasteiger charge is -2.38. The number of hydrogen-bond donors (Lipinski definition) is 3. The molecule has 7 heteroatoms. The molecule has 2 aliphatic carbocycles. The highest BCUT2D eigenvalue weighted by Crippen LogP contribution is 2.44. The fourth-order valence-corrected chi connectivity index (χ4v) is 5.18. The average Bonchev–Trinajstić information content (AvgIpc) is 3.16. The van der Waals surface area contributed by atoms with E-state index in [1.54, 1.807) is 6.92 Å². The van der Waals surface area contributed by atoms with E-state index in [9.17, 15) is 19.5 Å². The molecular formula is C27H32N2O5. The Morgan fingerprint density at radius 3 is 2.32 bits per heavy atom. The van der Waals surface area contributed by atoms with Crippen molar-refractivity contribution in [3.05, 3.63) is 59.7 Å². The van der Waals surface area contributed by atoms with E-state index >= 15 is 0 Å². The predicted octanol–water partition coefficient (Wildman–Crippen LogP) is 4.46. The Morgan fingerprint density at radius 2 is 1.68 bits per heavy atom. The van der Waals surface area contributed by atoms with Gasteiger partial charge in [0.2, 0.25) is 5.91 Å². The van der Waals surface area contributed by atoms with Gasteiger partial charge in [0.1, 0.15) is 6.61 Å². The van der Waals surface area contributed by atoms with Gasteiger partial charge in [0, 0.05) is 24.9 Å². The van der Waals surface area contributed by atoms with Crippen molar-refractivity contribution < 1.29 is 24.2 Å². The molecule has 1 saturated carbocycles. The van der Waals surface area contributed by atoms with Crippen molar-refractivity contribution in [3.63, 3.8) is 0 Å². The molecule has 7 nitrogen and oxygen atoms in total. The topological polar surface area (TPSA) is 105 Å². The smallest absolute Gasteiger partial charge is 0.407 e. The first-order valence-electron chi connectivity index (χ1n) is 12.0. The van der Waals surface area contributed by atoms with Crippen LogP contribution in [0.4, 0.5) is 4.79 Å². The number of benzene rings is 2. The van der Waals surface area contributed by atoms with E-state index in [1.807, 2.05) is 24.3 Å². The summed E-state index contributed by atoms with van der Waals surface area (Å²) in [6.45, 7) is 2.26. The first-order valence-corrected chi connectivity index (χ1v) is 12.0. The number of fused-ring (bicyclic) bond motifs is 3. The molecule has 0 aliphatic heterocycles. The van der Waals surface area contributed by atoms with Crippen LogP contribution in [0.3, 0.4) is 0 Å². The van der Waals surface area contributed by atoms with Crippen molar-refractivity contribution in [2.45, 2.75) is 57.4 Å². The first-order chi connectivity index (χ1) is 16.4. The van der Waals surface area contributed by atoms with Gasteiger partial charge in [-0.15, -0.1) is 0 Å². The van der Waals surface area contributed by atoms with Gasteiger partial charge in [-0.2, -0.15) is 0 Å². The van der Waals surface area contributed by atoms with E-state index in [0.29, 0.717) is 25.8 Å². The molecule has 0 spiro atoms. The second kappa shape index (κ2) is 10.3. The number of carbonyl (C=O) groups is 3. The number of carboxylic acids is 1.